The molecule has 1 saturated heterocycles. The van der Waals surface area contributed by atoms with Crippen LogP contribution in [0.15, 0.2) is 85.1 Å². The Labute approximate surface area is 232 Å². The summed E-state index contributed by atoms with van der Waals surface area (Å²) in [4.78, 5) is 20.9. The van der Waals surface area contributed by atoms with Crippen molar-refractivity contribution in [3.63, 3.8) is 0 Å². The number of nitrogens with one attached hydrogen (secondary N) is 3. The number of rotatable bonds is 10. The summed E-state index contributed by atoms with van der Waals surface area (Å²) in [6.07, 6.45) is -1.93. The largest absolute Gasteiger partial charge is 0.416 e. The highest BCUT2D eigenvalue weighted by Gasteiger charge is 2.32. The zero-order valence-electron chi connectivity index (χ0n) is 22.3. The van der Waals surface area contributed by atoms with Gasteiger partial charge in [0.05, 0.1) is 12.1 Å². The molecule has 40 heavy (non-hydrogen) atoms. The van der Waals surface area contributed by atoms with Crippen molar-refractivity contribution in [3.8, 4) is 0 Å². The van der Waals surface area contributed by atoms with Crippen molar-refractivity contribution < 1.29 is 18.0 Å². The number of piperazine rings is 1. The molecule has 0 bridgehead atoms. The lowest BCUT2D eigenvalue weighted by atomic mass is 10.0. The van der Waals surface area contributed by atoms with Crippen molar-refractivity contribution in [2.75, 3.05) is 44.2 Å². The third-order valence-electron chi connectivity index (χ3n) is 7.40. The zero-order valence-corrected chi connectivity index (χ0v) is 22.3. The number of aromatic amines is 1. The standard InChI is InChI=1S/C31H34F3N5O/c32-31(33,34)28-12-6-4-8-23(28)19-35-21-25(18-24-20-36-29-13-7-5-11-27(24)29)37-30(40)22-38-14-16-39(17-15-38)26-9-2-1-3-10-26/h1-13,20,25,35-36H,14-19,21-22H2,(H,37,40). The highest BCUT2D eigenvalue weighted by Crippen LogP contribution is 2.31. The molecule has 3 aromatic carbocycles. The van der Waals surface area contributed by atoms with Gasteiger partial charge in [0.15, 0.2) is 0 Å². The van der Waals surface area contributed by atoms with Crippen LogP contribution >= 0.6 is 0 Å². The van der Waals surface area contributed by atoms with Gasteiger partial charge in [0.1, 0.15) is 0 Å². The van der Waals surface area contributed by atoms with Crippen LogP contribution in [0, 0.1) is 0 Å². The van der Waals surface area contributed by atoms with E-state index in [2.05, 4.69) is 37.6 Å². The fourth-order valence-corrected chi connectivity index (χ4v) is 5.35. The van der Waals surface area contributed by atoms with Gasteiger partial charge in [-0.3, -0.25) is 9.69 Å². The summed E-state index contributed by atoms with van der Waals surface area (Å²) >= 11 is 0. The summed E-state index contributed by atoms with van der Waals surface area (Å²) in [6, 6.07) is 23.5. The third kappa shape index (κ3) is 7.03. The van der Waals surface area contributed by atoms with Crippen LogP contribution in [-0.4, -0.2) is 61.1 Å². The molecule has 1 atom stereocenters. The lowest BCUT2D eigenvalue weighted by Gasteiger charge is -2.36. The van der Waals surface area contributed by atoms with Crippen molar-refractivity contribution >= 4 is 22.5 Å². The number of hydrogen-bond donors (Lipinski definition) is 3. The molecule has 1 unspecified atom stereocenters. The Morgan fingerprint density at radius 3 is 2.35 bits per heavy atom. The molecule has 1 fully saturated rings. The Bertz CT molecular complexity index is 1400. The fraction of sp³-hybridized carbons (Fsp3) is 0.323. The molecule has 6 nitrogen and oxygen atoms in total. The molecule has 210 valence electrons. The van der Waals surface area contributed by atoms with Crippen LogP contribution in [0.4, 0.5) is 18.9 Å². The maximum absolute atomic E-state index is 13.5. The number of alkyl halides is 3. The summed E-state index contributed by atoms with van der Waals surface area (Å²) in [5.41, 5.74) is 2.78. The van der Waals surface area contributed by atoms with Gasteiger partial charge in [-0.15, -0.1) is 0 Å². The van der Waals surface area contributed by atoms with Crippen molar-refractivity contribution in [1.29, 1.82) is 0 Å². The number of H-pyrrole nitrogens is 1. The zero-order chi connectivity index (χ0) is 28.0. The normalized spacial score (nSPS) is 15.3. The SMILES string of the molecule is O=C(CN1CCN(c2ccccc2)CC1)NC(CNCc1ccccc1C(F)(F)F)Cc1c[nH]c2ccccc12. The summed E-state index contributed by atoms with van der Waals surface area (Å²) in [6.45, 7) is 3.91. The monoisotopic (exact) mass is 549 g/mol. The van der Waals surface area contributed by atoms with Gasteiger partial charge in [-0.05, 0) is 41.8 Å². The van der Waals surface area contributed by atoms with Crippen molar-refractivity contribution in [1.82, 2.24) is 20.5 Å². The number of carbonyl (C=O) groups is 1. The van der Waals surface area contributed by atoms with Crippen LogP contribution in [0.5, 0.6) is 0 Å². The first-order chi connectivity index (χ1) is 19.4. The smallest absolute Gasteiger partial charge is 0.369 e. The van der Waals surface area contributed by atoms with E-state index in [0.29, 0.717) is 13.0 Å². The molecule has 0 spiro atoms. The minimum atomic E-state index is -4.42. The minimum absolute atomic E-state index is 0.0530. The van der Waals surface area contributed by atoms with Gasteiger partial charge < -0.3 is 20.5 Å². The van der Waals surface area contributed by atoms with E-state index in [-0.39, 0.29) is 30.6 Å². The molecule has 9 heteroatoms. The number of nitrogens with zero attached hydrogens (tertiary/aromatic N) is 2. The Morgan fingerprint density at radius 2 is 1.57 bits per heavy atom. The molecule has 1 aliphatic heterocycles. The first-order valence-corrected chi connectivity index (χ1v) is 13.6. The van der Waals surface area contributed by atoms with Crippen molar-refractivity contribution in [2.45, 2.75) is 25.2 Å². The van der Waals surface area contributed by atoms with Crippen molar-refractivity contribution in [3.05, 3.63) is 102 Å². The average molecular weight is 550 g/mol. The Hall–Kier alpha value is -3.82. The number of fused-ring (bicyclic) bond motifs is 1. The predicted octanol–water partition coefficient (Wildman–Crippen LogP) is 4.83. The molecule has 1 amide bonds. The topological polar surface area (TPSA) is 63.4 Å². The van der Waals surface area contributed by atoms with Crippen LogP contribution in [0.1, 0.15) is 16.7 Å². The summed E-state index contributed by atoms with van der Waals surface area (Å²) in [5, 5.41) is 7.38. The van der Waals surface area contributed by atoms with Gasteiger partial charge in [0.2, 0.25) is 5.91 Å². The number of para-hydroxylation sites is 2. The number of hydrogen-bond acceptors (Lipinski definition) is 4. The quantitative estimate of drug-likeness (QED) is 0.265. The highest BCUT2D eigenvalue weighted by atomic mass is 19.4. The number of anilines is 1. The molecule has 0 aliphatic carbocycles. The van der Waals surface area contributed by atoms with Gasteiger partial charge in [-0.25, -0.2) is 0 Å². The molecule has 1 aliphatic rings. The number of benzene rings is 3. The highest BCUT2D eigenvalue weighted by molar-refractivity contribution is 5.83. The molecule has 2 heterocycles. The molecule has 0 radical (unpaired) electrons. The maximum Gasteiger partial charge on any atom is 0.416 e. The van der Waals surface area contributed by atoms with E-state index in [0.717, 1.165) is 48.7 Å². The number of halogens is 3. The van der Waals surface area contributed by atoms with Gasteiger partial charge in [0, 0.05) is 68.1 Å². The van der Waals surface area contributed by atoms with Crippen molar-refractivity contribution in [2.24, 2.45) is 0 Å². The molecular weight excluding hydrogens is 515 g/mol. The predicted molar refractivity (Wildman–Crippen MR) is 152 cm³/mol. The van der Waals surface area contributed by atoms with Crippen LogP contribution in [0.2, 0.25) is 0 Å². The number of carbonyl (C=O) groups excluding carboxylic acids is 1. The molecule has 0 saturated carbocycles. The second kappa shape index (κ2) is 12.6. The van der Waals surface area contributed by atoms with Crippen LogP contribution in [0.3, 0.4) is 0 Å². The Kier molecular flexibility index (Phi) is 8.72. The molecular formula is C31H34F3N5O. The van der Waals surface area contributed by atoms with Gasteiger partial charge in [0.25, 0.3) is 0 Å². The van der Waals surface area contributed by atoms with Gasteiger partial charge in [-0.2, -0.15) is 13.2 Å². The second-order valence-corrected chi connectivity index (χ2v) is 10.2. The van der Waals surface area contributed by atoms with E-state index < -0.39 is 11.7 Å². The van der Waals surface area contributed by atoms with E-state index >= 15 is 0 Å². The first-order valence-electron chi connectivity index (χ1n) is 13.6. The fourth-order valence-electron chi connectivity index (χ4n) is 5.35. The van der Waals surface area contributed by atoms with Gasteiger partial charge >= 0.3 is 6.18 Å². The molecule has 1 aromatic heterocycles. The Balaban J connectivity index is 1.21. The number of amides is 1. The van der Waals surface area contributed by atoms with E-state index in [9.17, 15) is 18.0 Å². The summed E-state index contributed by atoms with van der Waals surface area (Å²) in [7, 11) is 0. The van der Waals surface area contributed by atoms with E-state index in [1.807, 2.05) is 48.7 Å². The Morgan fingerprint density at radius 1 is 0.875 bits per heavy atom. The second-order valence-electron chi connectivity index (χ2n) is 10.2. The summed E-state index contributed by atoms with van der Waals surface area (Å²) < 4.78 is 40.4. The third-order valence-corrected chi connectivity index (χ3v) is 7.40. The van der Waals surface area contributed by atoms with Crippen LogP contribution in [-0.2, 0) is 23.9 Å². The van der Waals surface area contributed by atoms with E-state index in [4.69, 9.17) is 0 Å². The minimum Gasteiger partial charge on any atom is -0.369 e. The number of aromatic nitrogens is 1. The molecule has 5 rings (SSSR count). The average Bonchev–Trinajstić information content (AvgIpc) is 3.36. The lowest BCUT2D eigenvalue weighted by Crippen LogP contribution is -2.52. The first kappa shape index (κ1) is 27.7. The van der Waals surface area contributed by atoms with Crippen LogP contribution in [0.25, 0.3) is 10.9 Å². The van der Waals surface area contributed by atoms with Crippen LogP contribution < -0.4 is 15.5 Å². The van der Waals surface area contributed by atoms with E-state index in [1.54, 1.807) is 6.07 Å². The van der Waals surface area contributed by atoms with E-state index in [1.165, 1.54) is 17.8 Å². The molecule has 3 N–H and O–H groups in total. The maximum atomic E-state index is 13.5. The lowest BCUT2D eigenvalue weighted by molar-refractivity contribution is -0.138. The summed E-state index contributed by atoms with van der Waals surface area (Å²) in [5.74, 6) is -0.0875. The molecule has 4 aromatic rings. The van der Waals surface area contributed by atoms with Gasteiger partial charge in [-0.1, -0.05) is 54.6 Å².